The lowest BCUT2D eigenvalue weighted by Gasteiger charge is -2.23. The molecule has 0 amide bonds. The summed E-state index contributed by atoms with van der Waals surface area (Å²) in [7, 11) is -3.35. The number of hydrogen-bond donors (Lipinski definition) is 2. The van der Waals surface area contributed by atoms with Gasteiger partial charge in [0.2, 0.25) is 0 Å². The summed E-state index contributed by atoms with van der Waals surface area (Å²) in [4.78, 5) is 0.168. The van der Waals surface area contributed by atoms with E-state index in [1.165, 1.54) is 24.3 Å². The summed E-state index contributed by atoms with van der Waals surface area (Å²) >= 11 is 0. The molecule has 2 atom stereocenters. The largest absolute Gasteiger partial charge is 0.391 e. The summed E-state index contributed by atoms with van der Waals surface area (Å²) in [6.45, 7) is 0.00510. The molecule has 0 saturated heterocycles. The lowest BCUT2D eigenvalue weighted by Crippen LogP contribution is -2.28. The number of nitrogens with two attached hydrogens (primary N) is 1. The van der Waals surface area contributed by atoms with Crippen LogP contribution < -0.4 is 5.73 Å². The van der Waals surface area contributed by atoms with E-state index in [0.29, 0.717) is 11.1 Å². The minimum atomic E-state index is -3.35. The van der Waals surface area contributed by atoms with Gasteiger partial charge >= 0.3 is 0 Å². The third-order valence-electron chi connectivity index (χ3n) is 3.50. The second-order valence-electron chi connectivity index (χ2n) is 5.18. The number of hydrogen-bond acceptors (Lipinski definition) is 4. The van der Waals surface area contributed by atoms with Gasteiger partial charge in [0.25, 0.3) is 0 Å². The first-order valence-electron chi connectivity index (χ1n) is 6.76. The van der Waals surface area contributed by atoms with E-state index >= 15 is 0 Å². The minimum absolute atomic E-state index is 0.00510. The summed E-state index contributed by atoms with van der Waals surface area (Å²) in [5.41, 5.74) is 6.85. The Labute approximate surface area is 129 Å². The Morgan fingerprint density at radius 1 is 1.14 bits per heavy atom. The first-order chi connectivity index (χ1) is 10.3. The molecule has 0 bridgehead atoms. The van der Waals surface area contributed by atoms with E-state index in [-0.39, 0.29) is 17.3 Å². The molecule has 0 saturated carbocycles. The second-order valence-corrected chi connectivity index (χ2v) is 7.19. The second kappa shape index (κ2) is 6.56. The van der Waals surface area contributed by atoms with Crippen molar-refractivity contribution >= 4 is 9.84 Å². The van der Waals surface area contributed by atoms with Crippen LogP contribution in [0, 0.1) is 5.82 Å². The van der Waals surface area contributed by atoms with E-state index in [2.05, 4.69) is 0 Å². The fourth-order valence-corrected chi connectivity index (χ4v) is 3.06. The van der Waals surface area contributed by atoms with Gasteiger partial charge in [-0.05, 0) is 35.4 Å². The highest BCUT2D eigenvalue weighted by Gasteiger charge is 2.23. The van der Waals surface area contributed by atoms with E-state index < -0.39 is 21.9 Å². The van der Waals surface area contributed by atoms with Crippen LogP contribution in [0.25, 0.3) is 0 Å². The highest BCUT2D eigenvalue weighted by atomic mass is 32.2. The Morgan fingerprint density at radius 3 is 2.32 bits per heavy atom. The predicted molar refractivity (Wildman–Crippen MR) is 82.9 cm³/mol. The SMILES string of the molecule is CS(=O)(=O)c1cccc([C@H](c2ccc(F)cc2)[C@@H](O)CN)c1. The van der Waals surface area contributed by atoms with E-state index in [4.69, 9.17) is 5.73 Å². The number of rotatable bonds is 5. The van der Waals surface area contributed by atoms with Gasteiger partial charge in [-0.1, -0.05) is 24.3 Å². The van der Waals surface area contributed by atoms with Gasteiger partial charge in [-0.15, -0.1) is 0 Å². The molecule has 0 aromatic heterocycles. The average molecular weight is 323 g/mol. The Balaban J connectivity index is 2.53. The molecule has 0 radical (unpaired) electrons. The monoisotopic (exact) mass is 323 g/mol. The molecule has 0 spiro atoms. The molecule has 0 aliphatic carbocycles. The normalized spacial score (nSPS) is 14.5. The molecule has 22 heavy (non-hydrogen) atoms. The molecule has 2 aromatic carbocycles. The lowest BCUT2D eigenvalue weighted by atomic mass is 9.86. The molecule has 0 aliphatic heterocycles. The van der Waals surface area contributed by atoms with Crippen LogP contribution in [0.15, 0.2) is 53.4 Å². The molecule has 2 aromatic rings. The highest BCUT2D eigenvalue weighted by Crippen LogP contribution is 2.29. The van der Waals surface area contributed by atoms with Gasteiger partial charge in [0.05, 0.1) is 11.0 Å². The molecular weight excluding hydrogens is 305 g/mol. The van der Waals surface area contributed by atoms with E-state index in [9.17, 15) is 17.9 Å². The van der Waals surface area contributed by atoms with Crippen molar-refractivity contribution in [3.8, 4) is 0 Å². The number of sulfone groups is 1. The molecule has 2 rings (SSSR count). The van der Waals surface area contributed by atoms with Gasteiger partial charge in [0, 0.05) is 18.7 Å². The van der Waals surface area contributed by atoms with Crippen molar-refractivity contribution < 1.29 is 17.9 Å². The standard InChI is InChI=1S/C16H18FNO3S/c1-22(20,21)14-4-2-3-12(9-14)16(15(19)10-18)11-5-7-13(17)8-6-11/h2-9,15-16,19H,10,18H2,1H3/t15-,16-/m0/s1. The maximum Gasteiger partial charge on any atom is 0.175 e. The molecule has 0 aliphatic rings. The quantitative estimate of drug-likeness (QED) is 0.877. The van der Waals surface area contributed by atoms with Crippen molar-refractivity contribution in [3.05, 3.63) is 65.5 Å². The Bertz CT molecular complexity index is 744. The zero-order valence-electron chi connectivity index (χ0n) is 12.1. The minimum Gasteiger partial charge on any atom is -0.391 e. The van der Waals surface area contributed by atoms with Crippen molar-refractivity contribution in [2.45, 2.75) is 16.9 Å². The summed E-state index contributed by atoms with van der Waals surface area (Å²) in [6.07, 6.45) is 0.221. The molecule has 0 heterocycles. The number of halogens is 1. The van der Waals surface area contributed by atoms with Crippen LogP contribution in [0.4, 0.5) is 4.39 Å². The Kier molecular flexibility index (Phi) is 4.95. The predicted octanol–water partition coefficient (Wildman–Crippen LogP) is 1.68. The summed E-state index contributed by atoms with van der Waals surface area (Å²) in [5.74, 6) is -0.901. The highest BCUT2D eigenvalue weighted by molar-refractivity contribution is 7.90. The number of aliphatic hydroxyl groups is 1. The number of benzene rings is 2. The zero-order valence-corrected chi connectivity index (χ0v) is 12.9. The molecule has 118 valence electrons. The maximum atomic E-state index is 13.1. The van der Waals surface area contributed by atoms with Crippen LogP contribution >= 0.6 is 0 Å². The van der Waals surface area contributed by atoms with Crippen molar-refractivity contribution in [1.29, 1.82) is 0 Å². The fourth-order valence-electron chi connectivity index (χ4n) is 2.38. The number of aliphatic hydroxyl groups excluding tert-OH is 1. The van der Waals surface area contributed by atoms with Crippen LogP contribution in [-0.2, 0) is 9.84 Å². The maximum absolute atomic E-state index is 13.1. The Morgan fingerprint density at radius 2 is 1.77 bits per heavy atom. The van der Waals surface area contributed by atoms with Gasteiger partial charge in [0.1, 0.15) is 5.82 Å². The molecule has 0 unspecified atom stereocenters. The lowest BCUT2D eigenvalue weighted by molar-refractivity contribution is 0.164. The molecule has 4 nitrogen and oxygen atoms in total. The summed E-state index contributed by atoms with van der Waals surface area (Å²) < 4.78 is 36.5. The summed E-state index contributed by atoms with van der Waals surface area (Å²) in [5, 5.41) is 10.2. The average Bonchev–Trinajstić information content (AvgIpc) is 2.49. The summed E-state index contributed by atoms with van der Waals surface area (Å²) in [6, 6.07) is 12.1. The molecule has 0 fully saturated rings. The zero-order chi connectivity index (χ0) is 16.3. The van der Waals surface area contributed by atoms with E-state index in [1.807, 2.05) is 0 Å². The van der Waals surface area contributed by atoms with Crippen molar-refractivity contribution in [2.75, 3.05) is 12.8 Å². The van der Waals surface area contributed by atoms with Crippen LogP contribution in [0.5, 0.6) is 0 Å². The Hall–Kier alpha value is -1.76. The van der Waals surface area contributed by atoms with Crippen LogP contribution in [0.2, 0.25) is 0 Å². The van der Waals surface area contributed by atoms with Crippen molar-refractivity contribution in [1.82, 2.24) is 0 Å². The smallest absolute Gasteiger partial charge is 0.175 e. The van der Waals surface area contributed by atoms with Gasteiger partial charge in [-0.2, -0.15) is 0 Å². The van der Waals surface area contributed by atoms with Gasteiger partial charge in [0.15, 0.2) is 9.84 Å². The van der Waals surface area contributed by atoms with E-state index in [1.54, 1.807) is 24.3 Å². The van der Waals surface area contributed by atoms with Crippen LogP contribution in [-0.4, -0.2) is 32.4 Å². The topological polar surface area (TPSA) is 80.4 Å². The molecule has 3 N–H and O–H groups in total. The third-order valence-corrected chi connectivity index (χ3v) is 4.61. The van der Waals surface area contributed by atoms with Gasteiger partial charge in [-0.25, -0.2) is 12.8 Å². The van der Waals surface area contributed by atoms with Crippen molar-refractivity contribution in [2.24, 2.45) is 5.73 Å². The van der Waals surface area contributed by atoms with Crippen LogP contribution in [0.1, 0.15) is 17.0 Å². The van der Waals surface area contributed by atoms with Crippen LogP contribution in [0.3, 0.4) is 0 Å². The first kappa shape index (κ1) is 16.6. The van der Waals surface area contributed by atoms with Gasteiger partial charge < -0.3 is 10.8 Å². The fraction of sp³-hybridized carbons (Fsp3) is 0.250. The molecule has 6 heteroatoms. The molecular formula is C16H18FNO3S. The van der Waals surface area contributed by atoms with Gasteiger partial charge in [-0.3, -0.25) is 0 Å². The third kappa shape index (κ3) is 3.71. The first-order valence-corrected chi connectivity index (χ1v) is 8.65. The van der Waals surface area contributed by atoms with E-state index in [0.717, 1.165) is 6.26 Å². The van der Waals surface area contributed by atoms with Crippen molar-refractivity contribution in [3.63, 3.8) is 0 Å².